The Morgan fingerprint density at radius 3 is 2.41 bits per heavy atom. The molecule has 102 valence electrons. The van der Waals surface area contributed by atoms with Crippen LogP contribution in [0.5, 0.6) is 0 Å². The van der Waals surface area contributed by atoms with Crippen LogP contribution in [0.3, 0.4) is 0 Å². The first-order valence-corrected chi connectivity index (χ1v) is 7.68. The van der Waals surface area contributed by atoms with Crippen molar-refractivity contribution in [1.82, 2.24) is 10.2 Å². The maximum absolute atomic E-state index is 3.61. The third-order valence-corrected chi connectivity index (χ3v) is 3.79. The van der Waals surface area contributed by atoms with Crippen molar-refractivity contribution in [2.24, 2.45) is 0 Å². The molecule has 2 heteroatoms. The second kappa shape index (κ2) is 8.10. The highest BCUT2D eigenvalue weighted by Crippen LogP contribution is 2.30. The van der Waals surface area contributed by atoms with E-state index in [0.29, 0.717) is 6.04 Å². The molecule has 1 saturated carbocycles. The Morgan fingerprint density at radius 2 is 1.88 bits per heavy atom. The fourth-order valence-electron chi connectivity index (χ4n) is 2.63. The Labute approximate surface area is 108 Å². The van der Waals surface area contributed by atoms with Crippen molar-refractivity contribution in [3.05, 3.63) is 0 Å². The molecule has 2 nitrogen and oxygen atoms in total. The highest BCUT2D eigenvalue weighted by molar-refractivity contribution is 4.88. The van der Waals surface area contributed by atoms with E-state index < -0.39 is 0 Å². The first-order valence-electron chi connectivity index (χ1n) is 7.68. The van der Waals surface area contributed by atoms with Gasteiger partial charge >= 0.3 is 0 Å². The lowest BCUT2D eigenvalue weighted by Gasteiger charge is -2.31. The van der Waals surface area contributed by atoms with Crippen molar-refractivity contribution in [2.45, 2.75) is 84.3 Å². The summed E-state index contributed by atoms with van der Waals surface area (Å²) in [6, 6.07) is 2.32. The third-order valence-electron chi connectivity index (χ3n) is 3.79. The average molecular weight is 240 g/mol. The topological polar surface area (TPSA) is 15.3 Å². The van der Waals surface area contributed by atoms with Gasteiger partial charge in [-0.25, -0.2) is 0 Å². The molecule has 1 fully saturated rings. The van der Waals surface area contributed by atoms with Crippen LogP contribution in [-0.4, -0.2) is 36.1 Å². The molecular formula is C15H32N2. The van der Waals surface area contributed by atoms with Crippen LogP contribution in [0.25, 0.3) is 0 Å². The van der Waals surface area contributed by atoms with E-state index in [1.807, 2.05) is 0 Å². The van der Waals surface area contributed by atoms with Gasteiger partial charge in [-0.15, -0.1) is 0 Å². The number of hydrogen-bond donors (Lipinski definition) is 1. The fraction of sp³-hybridized carbons (Fsp3) is 1.00. The molecule has 2 atom stereocenters. The lowest BCUT2D eigenvalue weighted by atomic mass is 10.1. The zero-order chi connectivity index (χ0) is 12.7. The standard InChI is InChI=1S/C15H32N2/c1-5-7-11-17(15-8-9-15)14(4)12-13(3)16-10-6-2/h13-16H,5-12H2,1-4H3. The molecule has 0 heterocycles. The molecule has 0 saturated heterocycles. The minimum Gasteiger partial charge on any atom is -0.314 e. The number of hydrogen-bond acceptors (Lipinski definition) is 2. The van der Waals surface area contributed by atoms with Gasteiger partial charge in [-0.05, 0) is 59.0 Å². The van der Waals surface area contributed by atoms with E-state index in [2.05, 4.69) is 37.9 Å². The highest BCUT2D eigenvalue weighted by Gasteiger charge is 2.31. The normalized spacial score (nSPS) is 19.6. The van der Waals surface area contributed by atoms with Crippen LogP contribution in [0.15, 0.2) is 0 Å². The van der Waals surface area contributed by atoms with Gasteiger partial charge in [0.15, 0.2) is 0 Å². The van der Waals surface area contributed by atoms with Gasteiger partial charge in [-0.1, -0.05) is 20.3 Å². The molecule has 0 bridgehead atoms. The molecule has 17 heavy (non-hydrogen) atoms. The molecule has 0 spiro atoms. The van der Waals surface area contributed by atoms with Crippen molar-refractivity contribution < 1.29 is 0 Å². The van der Waals surface area contributed by atoms with Crippen LogP contribution >= 0.6 is 0 Å². The Kier molecular flexibility index (Phi) is 7.14. The van der Waals surface area contributed by atoms with Crippen molar-refractivity contribution in [3.63, 3.8) is 0 Å². The van der Waals surface area contributed by atoms with Crippen LogP contribution in [0.1, 0.15) is 66.2 Å². The summed E-state index contributed by atoms with van der Waals surface area (Å²) in [4.78, 5) is 2.76. The Morgan fingerprint density at radius 1 is 1.18 bits per heavy atom. The first kappa shape index (κ1) is 15.0. The number of rotatable bonds is 10. The average Bonchev–Trinajstić information content (AvgIpc) is 3.11. The summed E-state index contributed by atoms with van der Waals surface area (Å²) in [6.07, 6.45) is 8.08. The molecule has 1 rings (SSSR count). The Bertz CT molecular complexity index is 189. The van der Waals surface area contributed by atoms with Crippen LogP contribution < -0.4 is 5.32 Å². The Balaban J connectivity index is 2.28. The van der Waals surface area contributed by atoms with E-state index in [1.54, 1.807) is 0 Å². The summed E-state index contributed by atoms with van der Waals surface area (Å²) in [5.41, 5.74) is 0. The van der Waals surface area contributed by atoms with Gasteiger partial charge in [0.25, 0.3) is 0 Å². The quantitative estimate of drug-likeness (QED) is 0.629. The van der Waals surface area contributed by atoms with E-state index in [9.17, 15) is 0 Å². The first-order chi connectivity index (χ1) is 8.19. The smallest absolute Gasteiger partial charge is 0.00992 e. The summed E-state index contributed by atoms with van der Waals surface area (Å²) in [7, 11) is 0. The minimum absolute atomic E-state index is 0.660. The van der Waals surface area contributed by atoms with Gasteiger partial charge in [-0.3, -0.25) is 4.90 Å². The van der Waals surface area contributed by atoms with Crippen LogP contribution in [-0.2, 0) is 0 Å². The van der Waals surface area contributed by atoms with Crippen molar-refractivity contribution in [3.8, 4) is 0 Å². The van der Waals surface area contributed by atoms with E-state index in [1.165, 1.54) is 45.1 Å². The summed E-state index contributed by atoms with van der Waals surface area (Å²) in [5.74, 6) is 0. The van der Waals surface area contributed by atoms with E-state index in [0.717, 1.165) is 18.6 Å². The largest absolute Gasteiger partial charge is 0.314 e. The van der Waals surface area contributed by atoms with Crippen molar-refractivity contribution in [1.29, 1.82) is 0 Å². The van der Waals surface area contributed by atoms with Gasteiger partial charge < -0.3 is 5.32 Å². The van der Waals surface area contributed by atoms with E-state index in [4.69, 9.17) is 0 Å². The molecule has 1 aliphatic carbocycles. The van der Waals surface area contributed by atoms with Gasteiger partial charge in [-0.2, -0.15) is 0 Å². The fourth-order valence-corrected chi connectivity index (χ4v) is 2.63. The zero-order valence-electron chi connectivity index (χ0n) is 12.3. The lowest BCUT2D eigenvalue weighted by Crippen LogP contribution is -2.40. The molecule has 0 amide bonds. The van der Waals surface area contributed by atoms with Gasteiger partial charge in [0.05, 0.1) is 0 Å². The maximum atomic E-state index is 3.61. The molecule has 1 N–H and O–H groups in total. The summed E-state index contributed by atoms with van der Waals surface area (Å²) >= 11 is 0. The molecule has 0 aromatic carbocycles. The molecular weight excluding hydrogens is 208 g/mol. The highest BCUT2D eigenvalue weighted by atomic mass is 15.2. The molecule has 1 aliphatic rings. The maximum Gasteiger partial charge on any atom is 0.00992 e. The number of nitrogens with zero attached hydrogens (tertiary/aromatic N) is 1. The van der Waals surface area contributed by atoms with Gasteiger partial charge in [0, 0.05) is 18.1 Å². The summed E-state index contributed by atoms with van der Waals surface area (Å²) < 4.78 is 0. The molecule has 0 aromatic rings. The lowest BCUT2D eigenvalue weighted by molar-refractivity contribution is 0.176. The predicted molar refractivity (Wildman–Crippen MR) is 76.5 cm³/mol. The third kappa shape index (κ3) is 5.87. The summed E-state index contributed by atoms with van der Waals surface area (Å²) in [5, 5.41) is 3.61. The summed E-state index contributed by atoms with van der Waals surface area (Å²) in [6.45, 7) is 11.7. The minimum atomic E-state index is 0.660. The SMILES string of the molecule is CCCCN(C(C)CC(C)NCCC)C1CC1. The van der Waals surface area contributed by atoms with E-state index >= 15 is 0 Å². The van der Waals surface area contributed by atoms with E-state index in [-0.39, 0.29) is 0 Å². The Hall–Kier alpha value is -0.0800. The van der Waals surface area contributed by atoms with Crippen molar-refractivity contribution >= 4 is 0 Å². The van der Waals surface area contributed by atoms with Crippen LogP contribution in [0.2, 0.25) is 0 Å². The van der Waals surface area contributed by atoms with Gasteiger partial charge in [0.1, 0.15) is 0 Å². The van der Waals surface area contributed by atoms with Crippen LogP contribution in [0.4, 0.5) is 0 Å². The number of nitrogens with one attached hydrogen (secondary N) is 1. The zero-order valence-corrected chi connectivity index (χ0v) is 12.3. The monoisotopic (exact) mass is 240 g/mol. The molecule has 2 unspecified atom stereocenters. The van der Waals surface area contributed by atoms with Crippen molar-refractivity contribution in [2.75, 3.05) is 13.1 Å². The van der Waals surface area contributed by atoms with Crippen LogP contribution in [0, 0.1) is 0 Å². The van der Waals surface area contributed by atoms with Gasteiger partial charge in [0.2, 0.25) is 0 Å². The molecule has 0 aromatic heterocycles. The number of unbranched alkanes of at least 4 members (excludes halogenated alkanes) is 1. The second-order valence-corrected chi connectivity index (χ2v) is 5.76. The second-order valence-electron chi connectivity index (χ2n) is 5.76. The molecule has 0 radical (unpaired) electrons. The predicted octanol–water partition coefficient (Wildman–Crippen LogP) is 3.42. The molecule has 0 aliphatic heterocycles.